The van der Waals surface area contributed by atoms with Gasteiger partial charge in [0.1, 0.15) is 12.2 Å². The highest BCUT2D eigenvalue weighted by atomic mass is 16.6. The molecular formula is C21H34O3. The molecule has 0 N–H and O–H groups in total. The molecule has 4 fully saturated rings. The van der Waals surface area contributed by atoms with Gasteiger partial charge in [-0.2, -0.15) is 0 Å². The Morgan fingerprint density at radius 1 is 1.04 bits per heavy atom. The SMILES string of the molecule is CCC1(OC(=O)COC2CCC3C4CC(C(C)C4C)C23)CCCC1. The summed E-state index contributed by atoms with van der Waals surface area (Å²) >= 11 is 0. The number of rotatable bonds is 5. The van der Waals surface area contributed by atoms with Crippen LogP contribution in [-0.4, -0.2) is 24.3 Å². The number of esters is 1. The van der Waals surface area contributed by atoms with Gasteiger partial charge in [-0.25, -0.2) is 4.79 Å². The first kappa shape index (κ1) is 16.9. The van der Waals surface area contributed by atoms with Crippen molar-refractivity contribution in [3.05, 3.63) is 0 Å². The van der Waals surface area contributed by atoms with Gasteiger partial charge in [0, 0.05) is 0 Å². The lowest BCUT2D eigenvalue weighted by Gasteiger charge is -2.36. The average molecular weight is 335 g/mol. The predicted octanol–water partition coefficient (Wildman–Crippen LogP) is 4.59. The quantitative estimate of drug-likeness (QED) is 0.690. The van der Waals surface area contributed by atoms with Crippen molar-refractivity contribution in [2.75, 3.05) is 6.61 Å². The minimum Gasteiger partial charge on any atom is -0.457 e. The van der Waals surface area contributed by atoms with E-state index in [4.69, 9.17) is 9.47 Å². The zero-order valence-corrected chi connectivity index (χ0v) is 15.6. The molecule has 4 aliphatic rings. The molecule has 0 aromatic heterocycles. The highest BCUT2D eigenvalue weighted by Crippen LogP contribution is 2.63. The van der Waals surface area contributed by atoms with E-state index in [1.165, 1.54) is 25.7 Å². The molecule has 3 nitrogen and oxygen atoms in total. The molecule has 7 atom stereocenters. The molecule has 0 amide bonds. The second kappa shape index (κ2) is 6.30. The maximum atomic E-state index is 12.3. The highest BCUT2D eigenvalue weighted by Gasteiger charge is 2.59. The first-order valence-electron chi connectivity index (χ1n) is 10.4. The van der Waals surface area contributed by atoms with Crippen molar-refractivity contribution in [3.8, 4) is 0 Å². The Balaban J connectivity index is 1.32. The Bertz CT molecular complexity index is 481. The maximum absolute atomic E-state index is 12.3. The van der Waals surface area contributed by atoms with E-state index < -0.39 is 0 Å². The largest absolute Gasteiger partial charge is 0.457 e. The summed E-state index contributed by atoms with van der Waals surface area (Å²) in [6, 6.07) is 0. The number of carbonyl (C=O) groups excluding carboxylic acids is 1. The zero-order valence-electron chi connectivity index (χ0n) is 15.6. The third-order valence-electron chi connectivity index (χ3n) is 8.38. The van der Waals surface area contributed by atoms with Crippen LogP contribution >= 0.6 is 0 Å². The van der Waals surface area contributed by atoms with Crippen LogP contribution in [0.25, 0.3) is 0 Å². The molecule has 0 heterocycles. The van der Waals surface area contributed by atoms with E-state index in [0.29, 0.717) is 12.0 Å². The van der Waals surface area contributed by atoms with Crippen LogP contribution in [0.3, 0.4) is 0 Å². The van der Waals surface area contributed by atoms with Gasteiger partial charge >= 0.3 is 5.97 Å². The molecule has 136 valence electrons. The van der Waals surface area contributed by atoms with E-state index in [9.17, 15) is 4.79 Å². The van der Waals surface area contributed by atoms with Crippen LogP contribution in [0.5, 0.6) is 0 Å². The van der Waals surface area contributed by atoms with E-state index in [0.717, 1.165) is 55.3 Å². The smallest absolute Gasteiger partial charge is 0.332 e. The predicted molar refractivity (Wildman–Crippen MR) is 93.5 cm³/mol. The lowest BCUT2D eigenvalue weighted by Crippen LogP contribution is -2.37. The fraction of sp³-hybridized carbons (Fsp3) is 0.952. The molecule has 24 heavy (non-hydrogen) atoms. The lowest BCUT2D eigenvalue weighted by atomic mass is 9.70. The van der Waals surface area contributed by atoms with Crippen LogP contribution in [-0.2, 0) is 14.3 Å². The van der Waals surface area contributed by atoms with Crippen LogP contribution in [0.4, 0.5) is 0 Å². The number of hydrogen-bond acceptors (Lipinski definition) is 3. The number of hydrogen-bond donors (Lipinski definition) is 0. The Labute approximate surface area is 146 Å². The van der Waals surface area contributed by atoms with E-state index in [1.807, 2.05) is 0 Å². The molecule has 4 rings (SSSR count). The Morgan fingerprint density at radius 3 is 2.46 bits per heavy atom. The minimum absolute atomic E-state index is 0.133. The summed E-state index contributed by atoms with van der Waals surface area (Å²) < 4.78 is 12.0. The summed E-state index contributed by atoms with van der Waals surface area (Å²) in [6.45, 7) is 7.18. The summed E-state index contributed by atoms with van der Waals surface area (Å²) in [6.07, 6.45) is 9.53. The van der Waals surface area contributed by atoms with Crippen molar-refractivity contribution in [1.29, 1.82) is 0 Å². The first-order valence-corrected chi connectivity index (χ1v) is 10.4. The van der Waals surface area contributed by atoms with Crippen molar-refractivity contribution in [1.82, 2.24) is 0 Å². The molecule has 0 aromatic carbocycles. The van der Waals surface area contributed by atoms with Crippen molar-refractivity contribution < 1.29 is 14.3 Å². The second-order valence-electron chi connectivity index (χ2n) is 9.17. The van der Waals surface area contributed by atoms with Gasteiger partial charge in [0.15, 0.2) is 0 Å². The molecule has 7 unspecified atom stereocenters. The van der Waals surface area contributed by atoms with Gasteiger partial charge in [-0.05, 0) is 86.9 Å². The maximum Gasteiger partial charge on any atom is 0.332 e. The van der Waals surface area contributed by atoms with E-state index >= 15 is 0 Å². The Morgan fingerprint density at radius 2 is 1.75 bits per heavy atom. The summed E-state index contributed by atoms with van der Waals surface area (Å²) in [5, 5.41) is 0. The average Bonchev–Trinajstić information content (AvgIpc) is 3.31. The fourth-order valence-corrected chi connectivity index (χ4v) is 6.89. The third kappa shape index (κ3) is 2.62. The van der Waals surface area contributed by atoms with Crippen LogP contribution in [0, 0.1) is 35.5 Å². The van der Waals surface area contributed by atoms with Crippen molar-refractivity contribution in [2.24, 2.45) is 35.5 Å². The molecule has 0 radical (unpaired) electrons. The van der Waals surface area contributed by atoms with E-state index in [1.54, 1.807) is 0 Å². The van der Waals surface area contributed by atoms with Gasteiger partial charge in [0.25, 0.3) is 0 Å². The first-order chi connectivity index (χ1) is 11.5. The molecular weight excluding hydrogens is 300 g/mol. The topological polar surface area (TPSA) is 35.5 Å². The zero-order chi connectivity index (χ0) is 16.9. The third-order valence-corrected chi connectivity index (χ3v) is 8.38. The van der Waals surface area contributed by atoms with Crippen LogP contribution < -0.4 is 0 Å². The summed E-state index contributed by atoms with van der Waals surface area (Å²) in [5.41, 5.74) is -0.185. The van der Waals surface area contributed by atoms with Gasteiger partial charge in [0.05, 0.1) is 6.10 Å². The minimum atomic E-state index is -0.185. The summed E-state index contributed by atoms with van der Waals surface area (Å²) in [4.78, 5) is 12.3. The molecule has 0 aromatic rings. The molecule has 4 saturated carbocycles. The van der Waals surface area contributed by atoms with Gasteiger partial charge in [-0.1, -0.05) is 20.8 Å². The fourth-order valence-electron chi connectivity index (χ4n) is 6.89. The molecule has 4 aliphatic carbocycles. The van der Waals surface area contributed by atoms with Gasteiger partial charge < -0.3 is 9.47 Å². The Hall–Kier alpha value is -0.570. The van der Waals surface area contributed by atoms with Crippen LogP contribution in [0.2, 0.25) is 0 Å². The van der Waals surface area contributed by atoms with Crippen molar-refractivity contribution in [2.45, 2.75) is 83.8 Å². The second-order valence-corrected chi connectivity index (χ2v) is 9.17. The van der Waals surface area contributed by atoms with E-state index in [2.05, 4.69) is 20.8 Å². The molecule has 3 heteroatoms. The normalized spacial score (nSPS) is 45.5. The number of fused-ring (bicyclic) bond motifs is 5. The van der Waals surface area contributed by atoms with E-state index in [-0.39, 0.29) is 18.2 Å². The summed E-state index contributed by atoms with van der Waals surface area (Å²) in [5.74, 6) is 4.89. The monoisotopic (exact) mass is 334 g/mol. The van der Waals surface area contributed by atoms with Crippen LogP contribution in [0.1, 0.15) is 72.1 Å². The lowest BCUT2D eigenvalue weighted by molar-refractivity contribution is -0.168. The van der Waals surface area contributed by atoms with Crippen molar-refractivity contribution in [3.63, 3.8) is 0 Å². The summed E-state index contributed by atoms with van der Waals surface area (Å²) in [7, 11) is 0. The number of ether oxygens (including phenoxy) is 2. The molecule has 0 aliphatic heterocycles. The Kier molecular flexibility index (Phi) is 4.43. The van der Waals surface area contributed by atoms with Crippen LogP contribution in [0.15, 0.2) is 0 Å². The van der Waals surface area contributed by atoms with Crippen molar-refractivity contribution >= 4 is 5.97 Å². The molecule has 0 spiro atoms. The molecule has 2 bridgehead atoms. The number of carbonyl (C=O) groups is 1. The van der Waals surface area contributed by atoms with Gasteiger partial charge in [-0.15, -0.1) is 0 Å². The molecule has 0 saturated heterocycles. The van der Waals surface area contributed by atoms with Gasteiger partial charge in [0.2, 0.25) is 0 Å². The van der Waals surface area contributed by atoms with Gasteiger partial charge in [-0.3, -0.25) is 0 Å². The standard InChI is InChI=1S/C21H34O3/c1-4-21(9-5-6-10-21)24-19(22)12-23-18-8-7-15-16-11-17(20(15)18)14(3)13(16)2/h13-18,20H,4-12H2,1-3H3. The highest BCUT2D eigenvalue weighted by molar-refractivity contribution is 5.71.